The van der Waals surface area contributed by atoms with Crippen LogP contribution in [0.1, 0.15) is 22.5 Å². The zero-order valence-corrected chi connectivity index (χ0v) is 20.3. The van der Waals surface area contributed by atoms with Gasteiger partial charge in [-0.3, -0.25) is 14.4 Å². The number of methoxy groups -OCH3 is 1. The molecule has 3 heterocycles. The quantitative estimate of drug-likeness (QED) is 0.530. The van der Waals surface area contributed by atoms with Gasteiger partial charge in [0.2, 0.25) is 5.91 Å². The maximum absolute atomic E-state index is 13.1. The molecular weight excluding hydrogens is 458 g/mol. The molecule has 0 spiro atoms. The Morgan fingerprint density at radius 3 is 2.42 bits per heavy atom. The number of aryl methyl sites for hydroxylation is 1. The van der Waals surface area contributed by atoms with Gasteiger partial charge in [0.05, 0.1) is 13.7 Å². The summed E-state index contributed by atoms with van der Waals surface area (Å²) in [5, 5.41) is 4.30. The number of para-hydroxylation sites is 1. The van der Waals surface area contributed by atoms with E-state index in [1.165, 1.54) is 16.8 Å². The van der Waals surface area contributed by atoms with Crippen LogP contribution in [0.5, 0.6) is 5.75 Å². The van der Waals surface area contributed by atoms with E-state index in [2.05, 4.69) is 10.00 Å². The lowest BCUT2D eigenvalue weighted by molar-refractivity contribution is -0.131. The largest absolute Gasteiger partial charge is 0.497 e. The predicted octanol–water partition coefficient (Wildman–Crippen LogP) is 2.19. The summed E-state index contributed by atoms with van der Waals surface area (Å²) >= 11 is 0. The molecular formula is C27H29N5O4. The maximum atomic E-state index is 13.1. The smallest absolute Gasteiger partial charge is 0.278 e. The van der Waals surface area contributed by atoms with Crippen LogP contribution < -0.4 is 20.1 Å². The number of piperazine rings is 1. The van der Waals surface area contributed by atoms with Crippen LogP contribution in [0.2, 0.25) is 0 Å². The fourth-order valence-corrected chi connectivity index (χ4v) is 4.78. The molecule has 1 saturated heterocycles. The Balaban J connectivity index is 1.18. The molecule has 0 bridgehead atoms. The minimum absolute atomic E-state index is 0.0247. The zero-order valence-electron chi connectivity index (χ0n) is 20.3. The Kier molecular flexibility index (Phi) is 6.71. The van der Waals surface area contributed by atoms with Gasteiger partial charge in [0.25, 0.3) is 11.5 Å². The molecule has 2 aliphatic rings. The Labute approximate surface area is 209 Å². The summed E-state index contributed by atoms with van der Waals surface area (Å²) in [5.74, 6) is 0.547. The number of amides is 2. The van der Waals surface area contributed by atoms with E-state index >= 15 is 0 Å². The van der Waals surface area contributed by atoms with Crippen molar-refractivity contribution in [1.82, 2.24) is 14.7 Å². The lowest BCUT2D eigenvalue weighted by Crippen LogP contribution is -2.49. The normalized spacial score (nSPS) is 15.1. The van der Waals surface area contributed by atoms with Crippen LogP contribution in [0.15, 0.2) is 65.5 Å². The zero-order chi connectivity index (χ0) is 25.1. The van der Waals surface area contributed by atoms with Crippen LogP contribution in [-0.4, -0.2) is 66.3 Å². The average Bonchev–Trinajstić information content (AvgIpc) is 3.36. The third-order valence-electron chi connectivity index (χ3n) is 6.83. The van der Waals surface area contributed by atoms with E-state index in [-0.39, 0.29) is 36.0 Å². The first-order chi connectivity index (χ1) is 17.5. The summed E-state index contributed by atoms with van der Waals surface area (Å²) in [7, 11) is 1.64. The van der Waals surface area contributed by atoms with E-state index in [0.29, 0.717) is 19.6 Å². The number of benzene rings is 2. The second kappa shape index (κ2) is 10.2. The van der Waals surface area contributed by atoms with Gasteiger partial charge < -0.3 is 19.4 Å². The summed E-state index contributed by atoms with van der Waals surface area (Å²) in [6.07, 6.45) is 0.946. The van der Waals surface area contributed by atoms with Crippen molar-refractivity contribution in [3.05, 3.63) is 82.3 Å². The Bertz CT molecular complexity index is 1310. The van der Waals surface area contributed by atoms with Gasteiger partial charge in [-0.25, -0.2) is 4.68 Å². The van der Waals surface area contributed by atoms with Gasteiger partial charge in [-0.1, -0.05) is 18.2 Å². The number of carbonyl (C=O) groups excluding carboxylic acids is 2. The van der Waals surface area contributed by atoms with Crippen molar-refractivity contribution in [3.63, 3.8) is 0 Å². The number of fused-ring (bicyclic) bond motifs is 1. The molecule has 2 aliphatic heterocycles. The molecule has 0 aliphatic carbocycles. The fourth-order valence-electron chi connectivity index (χ4n) is 4.78. The molecule has 2 aromatic carbocycles. The molecule has 2 amide bonds. The number of hydrogen-bond acceptors (Lipinski definition) is 6. The van der Waals surface area contributed by atoms with Gasteiger partial charge in [-0.15, -0.1) is 0 Å². The van der Waals surface area contributed by atoms with Gasteiger partial charge >= 0.3 is 0 Å². The van der Waals surface area contributed by atoms with Crippen molar-refractivity contribution >= 4 is 23.2 Å². The van der Waals surface area contributed by atoms with Crippen LogP contribution >= 0.6 is 0 Å². The third-order valence-corrected chi connectivity index (χ3v) is 6.83. The maximum Gasteiger partial charge on any atom is 0.278 e. The SMILES string of the molecule is COc1ccc(N2CCN(C(=O)CCn3nc(C(=O)N4CCc5ccccc54)ccc3=O)CC2)cc1. The van der Waals surface area contributed by atoms with Gasteiger partial charge in [0.15, 0.2) is 0 Å². The molecule has 1 aromatic heterocycles. The summed E-state index contributed by atoms with van der Waals surface area (Å²) in [5.41, 5.74) is 2.97. The van der Waals surface area contributed by atoms with Gasteiger partial charge in [-0.05, 0) is 48.4 Å². The molecule has 3 aromatic rings. The highest BCUT2D eigenvalue weighted by Gasteiger charge is 2.27. The molecule has 0 unspecified atom stereocenters. The minimum Gasteiger partial charge on any atom is -0.497 e. The average molecular weight is 488 g/mol. The molecule has 36 heavy (non-hydrogen) atoms. The standard InChI is InChI=1S/C27H29N5O4/c1-36-22-8-6-21(7-9-22)29-16-18-30(19-17-29)25(33)13-15-32-26(34)11-10-23(28-32)27(35)31-14-12-20-4-2-3-5-24(20)31/h2-11H,12-19H2,1H3. The number of rotatable bonds is 6. The molecule has 9 heteroatoms. The predicted molar refractivity (Wildman–Crippen MR) is 137 cm³/mol. The molecule has 0 atom stereocenters. The number of carbonyl (C=O) groups is 2. The van der Waals surface area contributed by atoms with E-state index < -0.39 is 0 Å². The van der Waals surface area contributed by atoms with E-state index in [0.717, 1.165) is 42.2 Å². The van der Waals surface area contributed by atoms with Crippen LogP contribution in [0.4, 0.5) is 11.4 Å². The van der Waals surface area contributed by atoms with Crippen LogP contribution in [0.25, 0.3) is 0 Å². The first kappa shape index (κ1) is 23.6. The molecule has 5 rings (SSSR count). The summed E-state index contributed by atoms with van der Waals surface area (Å²) < 4.78 is 6.44. The third kappa shape index (κ3) is 4.82. The second-order valence-corrected chi connectivity index (χ2v) is 8.93. The van der Waals surface area contributed by atoms with Crippen molar-refractivity contribution < 1.29 is 14.3 Å². The molecule has 0 radical (unpaired) electrons. The van der Waals surface area contributed by atoms with Crippen LogP contribution in [-0.2, 0) is 17.8 Å². The topological polar surface area (TPSA) is 88.0 Å². The molecule has 0 N–H and O–H groups in total. The number of hydrogen-bond donors (Lipinski definition) is 0. The summed E-state index contributed by atoms with van der Waals surface area (Å²) in [4.78, 5) is 44.1. The van der Waals surface area contributed by atoms with Crippen LogP contribution in [0.3, 0.4) is 0 Å². The first-order valence-corrected chi connectivity index (χ1v) is 12.2. The number of anilines is 2. The van der Waals surface area contributed by atoms with Crippen molar-refractivity contribution in [3.8, 4) is 5.75 Å². The van der Waals surface area contributed by atoms with Crippen molar-refractivity contribution in [2.75, 3.05) is 49.6 Å². The fraction of sp³-hybridized carbons (Fsp3) is 0.333. The van der Waals surface area contributed by atoms with E-state index in [9.17, 15) is 14.4 Å². The highest BCUT2D eigenvalue weighted by molar-refractivity contribution is 6.05. The van der Waals surface area contributed by atoms with Crippen LogP contribution in [0, 0.1) is 0 Å². The van der Waals surface area contributed by atoms with E-state index in [1.807, 2.05) is 53.4 Å². The van der Waals surface area contributed by atoms with Gasteiger partial charge in [0, 0.05) is 56.6 Å². The second-order valence-electron chi connectivity index (χ2n) is 8.93. The lowest BCUT2D eigenvalue weighted by Gasteiger charge is -2.36. The highest BCUT2D eigenvalue weighted by atomic mass is 16.5. The van der Waals surface area contributed by atoms with E-state index in [1.54, 1.807) is 12.0 Å². The number of ether oxygens (including phenoxy) is 1. The number of aromatic nitrogens is 2. The molecule has 0 saturated carbocycles. The molecule has 9 nitrogen and oxygen atoms in total. The van der Waals surface area contributed by atoms with Gasteiger partial charge in [0.1, 0.15) is 11.4 Å². The lowest BCUT2D eigenvalue weighted by atomic mass is 10.2. The molecule has 186 valence electrons. The number of nitrogens with zero attached hydrogens (tertiary/aromatic N) is 5. The van der Waals surface area contributed by atoms with Crippen molar-refractivity contribution in [1.29, 1.82) is 0 Å². The van der Waals surface area contributed by atoms with Gasteiger partial charge in [-0.2, -0.15) is 5.10 Å². The minimum atomic E-state index is -0.328. The summed E-state index contributed by atoms with van der Waals surface area (Å²) in [6, 6.07) is 18.5. The van der Waals surface area contributed by atoms with Crippen molar-refractivity contribution in [2.45, 2.75) is 19.4 Å². The molecule has 1 fully saturated rings. The monoisotopic (exact) mass is 487 g/mol. The highest BCUT2D eigenvalue weighted by Crippen LogP contribution is 2.28. The van der Waals surface area contributed by atoms with Crippen molar-refractivity contribution in [2.24, 2.45) is 0 Å². The first-order valence-electron chi connectivity index (χ1n) is 12.2. The van der Waals surface area contributed by atoms with E-state index in [4.69, 9.17) is 4.74 Å². The summed E-state index contributed by atoms with van der Waals surface area (Å²) in [6.45, 7) is 3.41. The Morgan fingerprint density at radius 1 is 0.917 bits per heavy atom. The Hall–Kier alpha value is -4.14. The Morgan fingerprint density at radius 2 is 1.67 bits per heavy atom.